The number of fused-ring (bicyclic) bond motifs is 1. The van der Waals surface area contributed by atoms with Gasteiger partial charge in [-0.3, -0.25) is 14.6 Å². The number of rotatable bonds is 17. The fourth-order valence-corrected chi connectivity index (χ4v) is 6.07. The number of aromatic nitrogens is 1. The number of nitrogens with zero attached hydrogens (tertiary/aromatic N) is 1. The van der Waals surface area contributed by atoms with Crippen LogP contribution in [0.15, 0.2) is 66.9 Å². The Kier molecular flexibility index (Phi) is 18.4. The molecule has 2 N–H and O–H groups in total. The smallest absolute Gasteiger partial charge is 0.238 e. The summed E-state index contributed by atoms with van der Waals surface area (Å²) in [4.78, 5) is 28.7. The molecule has 294 valence electrons. The maximum atomic E-state index is 15.0. The first-order valence-electron chi connectivity index (χ1n) is 18.6. The number of Topliss-reactive ketones (excluding diaryl/α,β-unsaturated/α-hetero) is 1. The van der Waals surface area contributed by atoms with Crippen molar-refractivity contribution in [3.05, 3.63) is 89.6 Å². The Bertz CT molecular complexity index is 1760. The van der Waals surface area contributed by atoms with Crippen LogP contribution in [0, 0.1) is 36.8 Å². The van der Waals surface area contributed by atoms with Crippen LogP contribution in [0.1, 0.15) is 78.4 Å². The normalized spacial score (nSPS) is 12.7. The summed E-state index contributed by atoms with van der Waals surface area (Å²) >= 11 is 0. The van der Waals surface area contributed by atoms with Crippen LogP contribution in [-0.4, -0.2) is 49.3 Å². The number of carbonyl (C=O) groups excluding carboxylic acids is 2. The topological polar surface area (TPSA) is 108 Å². The monoisotopic (exact) mass is 767 g/mol. The zero-order valence-electron chi connectivity index (χ0n) is 32.9. The first-order valence-corrected chi connectivity index (χ1v) is 20.0. The number of anilines is 1. The van der Waals surface area contributed by atoms with Crippen LogP contribution in [-0.2, 0) is 18.6 Å². The highest BCUT2D eigenvalue weighted by atomic mass is 31.2. The third-order valence-corrected chi connectivity index (χ3v) is 10.2. The van der Waals surface area contributed by atoms with Gasteiger partial charge in [0.05, 0.1) is 31.6 Å². The molecule has 0 spiro atoms. The third-order valence-electron chi connectivity index (χ3n) is 8.64. The maximum Gasteiger partial charge on any atom is 0.238 e. The largest absolute Gasteiger partial charge is 0.493 e. The van der Waals surface area contributed by atoms with Gasteiger partial charge in [-0.15, -0.1) is 0 Å². The fraction of sp³-hybridized carbons (Fsp3) is 0.452. The Balaban J connectivity index is 0.000000510. The molecule has 5 rings (SSSR count). The second-order valence-electron chi connectivity index (χ2n) is 13.4. The summed E-state index contributed by atoms with van der Waals surface area (Å²) in [7, 11) is -0.908. The molecule has 1 aliphatic rings. The van der Waals surface area contributed by atoms with Gasteiger partial charge in [0.25, 0.3) is 0 Å². The van der Waals surface area contributed by atoms with Gasteiger partial charge in [-0.2, -0.15) is 0 Å². The summed E-state index contributed by atoms with van der Waals surface area (Å²) in [5.74, 6) is 0.667. The molecule has 0 bridgehead atoms. The third kappa shape index (κ3) is 14.0. The number of pyridine rings is 1. The number of halogens is 2. The zero-order chi connectivity index (χ0) is 39.7. The standard InChI is InChI=1S/C30H37FN3O6P.C7H7F.C5H12/c1-5-38-41(39-6-2)19-32-13-7-15-37-28-18-25-23(16-20(28)3)26(10-14-33-25)40-27-9-8-22(17-24(27)31)34-29(36)30(11-12-30)21(4)35;1-6-2-4-7(8)5-3-6;1-4-5(2)3/h8-10,14,16-18,32H,5-7,11-13,15,19H2,1-4H3,(H,34,36);2-5H,1H3;5H,4H2,1-3H3. The Labute approximate surface area is 320 Å². The second kappa shape index (κ2) is 22.4. The summed E-state index contributed by atoms with van der Waals surface area (Å²) in [6, 6.07) is 16.0. The van der Waals surface area contributed by atoms with Gasteiger partial charge in [0.1, 0.15) is 28.5 Å². The quantitative estimate of drug-likeness (QED) is 0.0621. The van der Waals surface area contributed by atoms with Crippen LogP contribution in [0.5, 0.6) is 17.2 Å². The highest BCUT2D eigenvalue weighted by Crippen LogP contribution is 2.47. The summed E-state index contributed by atoms with van der Waals surface area (Å²) < 4.78 is 50.2. The Hall–Kier alpha value is -4.02. The predicted octanol–water partition coefficient (Wildman–Crippen LogP) is 10.7. The van der Waals surface area contributed by atoms with Crippen LogP contribution in [0.2, 0.25) is 0 Å². The van der Waals surface area contributed by atoms with E-state index in [4.69, 9.17) is 18.5 Å². The van der Waals surface area contributed by atoms with Gasteiger partial charge in [0.2, 0.25) is 5.91 Å². The predicted molar refractivity (Wildman–Crippen MR) is 213 cm³/mol. The molecule has 1 aliphatic carbocycles. The first-order chi connectivity index (χ1) is 25.8. The summed E-state index contributed by atoms with van der Waals surface area (Å²) in [5, 5.41) is 6.72. The maximum absolute atomic E-state index is 15.0. The lowest BCUT2D eigenvalue weighted by atomic mass is 10.0. The molecule has 1 saturated carbocycles. The van der Waals surface area contributed by atoms with E-state index in [1.807, 2.05) is 39.8 Å². The van der Waals surface area contributed by atoms with E-state index in [9.17, 15) is 18.4 Å². The van der Waals surface area contributed by atoms with Crippen molar-refractivity contribution in [2.24, 2.45) is 11.3 Å². The Morgan fingerprint density at radius 2 is 1.57 bits per heavy atom. The van der Waals surface area contributed by atoms with E-state index in [2.05, 4.69) is 36.4 Å². The van der Waals surface area contributed by atoms with E-state index in [0.29, 0.717) is 55.6 Å². The van der Waals surface area contributed by atoms with Crippen LogP contribution in [0.25, 0.3) is 10.9 Å². The zero-order valence-corrected chi connectivity index (χ0v) is 33.8. The Morgan fingerprint density at radius 1 is 0.907 bits per heavy atom. The number of ketones is 1. The van der Waals surface area contributed by atoms with Crippen molar-refractivity contribution in [2.45, 2.75) is 81.1 Å². The van der Waals surface area contributed by atoms with Crippen LogP contribution in [0.3, 0.4) is 0 Å². The molecule has 0 aliphatic heterocycles. The second-order valence-corrected chi connectivity index (χ2v) is 14.9. The van der Waals surface area contributed by atoms with Crippen LogP contribution >= 0.6 is 8.38 Å². The summed E-state index contributed by atoms with van der Waals surface area (Å²) in [5.41, 5.74) is 1.94. The van der Waals surface area contributed by atoms with Crippen molar-refractivity contribution in [3.63, 3.8) is 0 Å². The molecule has 1 fully saturated rings. The van der Waals surface area contributed by atoms with Gasteiger partial charge in [0, 0.05) is 29.4 Å². The summed E-state index contributed by atoms with van der Waals surface area (Å²) in [6.07, 6.45) is 5.42. The molecule has 0 radical (unpaired) electrons. The molecule has 3 aromatic carbocycles. The lowest BCUT2D eigenvalue weighted by Crippen LogP contribution is -2.29. The Morgan fingerprint density at radius 3 is 2.13 bits per heavy atom. The molecule has 1 heterocycles. The molecule has 54 heavy (non-hydrogen) atoms. The number of nitrogens with one attached hydrogen (secondary N) is 2. The molecular formula is C42H56F2N3O6P. The first kappa shape index (κ1) is 44.4. The van der Waals surface area contributed by atoms with E-state index >= 15 is 0 Å². The van der Waals surface area contributed by atoms with Gasteiger partial charge in [-0.1, -0.05) is 44.9 Å². The average Bonchev–Trinajstić information content (AvgIpc) is 3.96. The van der Waals surface area contributed by atoms with Gasteiger partial charge < -0.3 is 29.2 Å². The molecule has 1 aromatic heterocycles. The molecule has 12 heteroatoms. The number of ether oxygens (including phenoxy) is 2. The van der Waals surface area contributed by atoms with Crippen molar-refractivity contribution in [3.8, 4) is 17.2 Å². The van der Waals surface area contributed by atoms with E-state index in [1.165, 1.54) is 37.6 Å². The fourth-order valence-electron chi connectivity index (χ4n) is 4.90. The van der Waals surface area contributed by atoms with Gasteiger partial charge in [-0.25, -0.2) is 8.78 Å². The number of carbonyl (C=O) groups is 2. The van der Waals surface area contributed by atoms with Gasteiger partial charge in [0.15, 0.2) is 19.9 Å². The molecule has 1 amide bonds. The van der Waals surface area contributed by atoms with E-state index < -0.39 is 25.5 Å². The molecule has 4 aromatic rings. The highest BCUT2D eigenvalue weighted by molar-refractivity contribution is 7.47. The van der Waals surface area contributed by atoms with Crippen LogP contribution in [0.4, 0.5) is 14.5 Å². The minimum Gasteiger partial charge on any atom is -0.493 e. The summed E-state index contributed by atoms with van der Waals surface area (Å²) in [6.45, 7) is 18.4. The van der Waals surface area contributed by atoms with E-state index in [0.717, 1.165) is 35.8 Å². The van der Waals surface area contributed by atoms with Crippen molar-refractivity contribution in [2.75, 3.05) is 38.0 Å². The van der Waals surface area contributed by atoms with Crippen molar-refractivity contribution < 1.29 is 36.9 Å². The van der Waals surface area contributed by atoms with Gasteiger partial charge in [-0.05, 0) is 108 Å². The number of amides is 1. The average molecular weight is 768 g/mol. The van der Waals surface area contributed by atoms with Gasteiger partial charge >= 0.3 is 0 Å². The lowest BCUT2D eigenvalue weighted by Gasteiger charge is -2.16. The van der Waals surface area contributed by atoms with Crippen molar-refractivity contribution in [1.29, 1.82) is 0 Å². The minimum absolute atomic E-state index is 0.00558. The number of aryl methyl sites for hydroxylation is 2. The molecule has 0 saturated heterocycles. The molecular weight excluding hydrogens is 711 g/mol. The SMILES string of the molecule is CCC(C)C.CCOP(CNCCCOc1cc2nccc(Oc3ccc(NC(=O)C4(C(C)=O)CC4)cc3F)c2cc1C)OCC.Cc1ccc(F)cc1. The number of hydrogen-bond donors (Lipinski definition) is 2. The highest BCUT2D eigenvalue weighted by Gasteiger charge is 2.54. The number of hydrogen-bond acceptors (Lipinski definition) is 8. The van der Waals surface area contributed by atoms with E-state index in [-0.39, 0.29) is 23.0 Å². The molecule has 9 nitrogen and oxygen atoms in total. The van der Waals surface area contributed by atoms with E-state index in [1.54, 1.807) is 30.5 Å². The minimum atomic E-state index is -0.976. The van der Waals surface area contributed by atoms with Crippen molar-refractivity contribution in [1.82, 2.24) is 10.3 Å². The molecule has 0 atom stereocenters. The molecule has 0 unspecified atom stereocenters. The number of benzene rings is 3. The van der Waals surface area contributed by atoms with Crippen LogP contribution < -0.4 is 20.1 Å². The van der Waals surface area contributed by atoms with Crippen molar-refractivity contribution >= 4 is 36.7 Å². The lowest BCUT2D eigenvalue weighted by molar-refractivity contribution is -0.131.